The quantitative estimate of drug-likeness (QED) is 0.902. The smallest absolute Gasteiger partial charge is 0.138 e. The minimum atomic E-state index is -1.05. The van der Waals surface area contributed by atoms with Gasteiger partial charge >= 0.3 is 0 Å². The van der Waals surface area contributed by atoms with Crippen molar-refractivity contribution in [1.82, 2.24) is 0 Å². The van der Waals surface area contributed by atoms with E-state index in [4.69, 9.17) is 4.42 Å². The van der Waals surface area contributed by atoms with E-state index in [-0.39, 0.29) is 11.7 Å². The highest BCUT2D eigenvalue weighted by molar-refractivity contribution is 5.77. The van der Waals surface area contributed by atoms with E-state index in [2.05, 4.69) is 0 Å². The summed E-state index contributed by atoms with van der Waals surface area (Å²) in [4.78, 5) is 0. The van der Waals surface area contributed by atoms with Gasteiger partial charge in [0, 0.05) is 5.39 Å². The van der Waals surface area contributed by atoms with Gasteiger partial charge in [0.15, 0.2) is 0 Å². The maximum atomic E-state index is 13.1. The van der Waals surface area contributed by atoms with Gasteiger partial charge < -0.3 is 14.6 Å². The van der Waals surface area contributed by atoms with Gasteiger partial charge in [0.25, 0.3) is 0 Å². The molecule has 1 aromatic carbocycles. The van der Waals surface area contributed by atoms with Gasteiger partial charge in [-0.25, -0.2) is 4.39 Å². The van der Waals surface area contributed by atoms with E-state index in [9.17, 15) is 14.6 Å². The zero-order valence-electron chi connectivity index (χ0n) is 11.3. The summed E-state index contributed by atoms with van der Waals surface area (Å²) in [6.07, 6.45) is 3.40. The highest BCUT2D eigenvalue weighted by Crippen LogP contribution is 2.34. The molecule has 0 bridgehead atoms. The molecular weight excluding hydrogens is 259 g/mol. The summed E-state index contributed by atoms with van der Waals surface area (Å²) in [5, 5.41) is 21.2. The molecule has 0 spiro atoms. The van der Waals surface area contributed by atoms with Crippen LogP contribution in [0.5, 0.6) is 0 Å². The molecule has 4 heteroatoms. The first-order valence-corrected chi connectivity index (χ1v) is 7.20. The molecule has 1 aromatic heterocycles. The Morgan fingerprint density at radius 3 is 2.60 bits per heavy atom. The monoisotopic (exact) mass is 278 g/mol. The van der Waals surface area contributed by atoms with Crippen LogP contribution >= 0.6 is 0 Å². The van der Waals surface area contributed by atoms with Crippen LogP contribution in [0.3, 0.4) is 0 Å². The van der Waals surface area contributed by atoms with Crippen LogP contribution in [0.15, 0.2) is 28.7 Å². The van der Waals surface area contributed by atoms with Crippen LogP contribution in [0.1, 0.15) is 44.0 Å². The molecule has 0 radical (unpaired) electrons. The number of benzene rings is 1. The summed E-state index contributed by atoms with van der Waals surface area (Å²) in [7, 11) is 0. The molecular formula is C16H19FO3. The first kappa shape index (κ1) is 13.6. The zero-order chi connectivity index (χ0) is 14.1. The topological polar surface area (TPSA) is 53.6 Å². The van der Waals surface area contributed by atoms with Crippen LogP contribution in [0.25, 0.3) is 11.0 Å². The van der Waals surface area contributed by atoms with E-state index in [1.807, 2.05) is 0 Å². The molecule has 1 saturated carbocycles. The average molecular weight is 278 g/mol. The lowest BCUT2D eigenvalue weighted by Gasteiger charge is -2.28. The van der Waals surface area contributed by atoms with Gasteiger partial charge in [-0.3, -0.25) is 0 Å². The minimum absolute atomic E-state index is 0.115. The van der Waals surface area contributed by atoms with Crippen molar-refractivity contribution < 1.29 is 19.0 Å². The highest BCUT2D eigenvalue weighted by Gasteiger charge is 2.30. The molecule has 2 atom stereocenters. The molecule has 1 aliphatic rings. The summed E-state index contributed by atoms with van der Waals surface area (Å²) >= 11 is 0. The van der Waals surface area contributed by atoms with E-state index in [0.717, 1.165) is 25.7 Å². The van der Waals surface area contributed by atoms with E-state index in [1.165, 1.54) is 24.6 Å². The standard InChI is InChI=1S/C16H19FO3/c17-12-6-7-13-11(8-12)9-14(20-13)16(19)15(18)10-4-2-1-3-5-10/h6-10,15-16,18-19H,1-5H2. The van der Waals surface area contributed by atoms with Crippen LogP contribution < -0.4 is 0 Å². The Morgan fingerprint density at radius 2 is 1.85 bits per heavy atom. The largest absolute Gasteiger partial charge is 0.458 e. The van der Waals surface area contributed by atoms with E-state index < -0.39 is 12.2 Å². The Morgan fingerprint density at radius 1 is 1.10 bits per heavy atom. The molecule has 2 aromatic rings. The van der Waals surface area contributed by atoms with Crippen LogP contribution in [0.2, 0.25) is 0 Å². The number of aliphatic hydroxyl groups excluding tert-OH is 2. The Hall–Kier alpha value is -1.39. The van der Waals surface area contributed by atoms with Gasteiger partial charge in [-0.15, -0.1) is 0 Å². The van der Waals surface area contributed by atoms with Crippen LogP contribution in [-0.4, -0.2) is 16.3 Å². The molecule has 1 heterocycles. The number of aliphatic hydroxyl groups is 2. The maximum absolute atomic E-state index is 13.1. The van der Waals surface area contributed by atoms with Gasteiger partial charge in [-0.2, -0.15) is 0 Å². The van der Waals surface area contributed by atoms with Crippen molar-refractivity contribution in [3.8, 4) is 0 Å². The molecule has 108 valence electrons. The second-order valence-electron chi connectivity index (χ2n) is 5.66. The van der Waals surface area contributed by atoms with Gasteiger partial charge in [0.2, 0.25) is 0 Å². The summed E-state index contributed by atoms with van der Waals surface area (Å²) in [6, 6.07) is 5.82. The Bertz CT molecular complexity index is 586. The first-order valence-electron chi connectivity index (χ1n) is 7.20. The lowest BCUT2D eigenvalue weighted by Crippen LogP contribution is -2.29. The molecule has 2 unspecified atom stereocenters. The number of halogens is 1. The Balaban J connectivity index is 1.81. The van der Waals surface area contributed by atoms with Crippen molar-refractivity contribution >= 4 is 11.0 Å². The molecule has 0 saturated heterocycles. The third kappa shape index (κ3) is 2.58. The Kier molecular flexibility index (Phi) is 3.76. The van der Waals surface area contributed by atoms with Crippen LogP contribution in [0, 0.1) is 11.7 Å². The summed E-state index contributed by atoms with van der Waals surface area (Å²) in [5.74, 6) is 0.0829. The zero-order valence-corrected chi connectivity index (χ0v) is 11.3. The van der Waals surface area contributed by atoms with Crippen LogP contribution in [-0.2, 0) is 0 Å². The Labute approximate surface area is 117 Å². The third-order valence-corrected chi connectivity index (χ3v) is 4.25. The summed E-state index contributed by atoms with van der Waals surface area (Å²) < 4.78 is 18.7. The van der Waals surface area contributed by atoms with Crippen molar-refractivity contribution in [2.45, 2.75) is 44.3 Å². The fraction of sp³-hybridized carbons (Fsp3) is 0.500. The van der Waals surface area contributed by atoms with E-state index >= 15 is 0 Å². The summed E-state index contributed by atoms with van der Waals surface area (Å²) in [5.41, 5.74) is 0.524. The van der Waals surface area contributed by atoms with Gasteiger partial charge in [0.1, 0.15) is 23.3 Å². The second-order valence-corrected chi connectivity index (χ2v) is 5.66. The number of rotatable bonds is 3. The average Bonchev–Trinajstić information content (AvgIpc) is 2.89. The number of fused-ring (bicyclic) bond motifs is 1. The van der Waals surface area contributed by atoms with Gasteiger partial charge in [0.05, 0.1) is 6.10 Å². The lowest BCUT2D eigenvalue weighted by molar-refractivity contribution is -0.0375. The molecule has 3 rings (SSSR count). The van der Waals surface area contributed by atoms with Gasteiger partial charge in [-0.05, 0) is 43.0 Å². The van der Waals surface area contributed by atoms with Crippen molar-refractivity contribution in [2.75, 3.05) is 0 Å². The van der Waals surface area contributed by atoms with Gasteiger partial charge in [-0.1, -0.05) is 19.3 Å². The molecule has 0 aliphatic heterocycles. The van der Waals surface area contributed by atoms with E-state index in [0.29, 0.717) is 16.7 Å². The molecule has 3 nitrogen and oxygen atoms in total. The SMILES string of the molecule is OC(c1cc2cc(F)ccc2o1)C(O)C1CCCCC1. The van der Waals surface area contributed by atoms with E-state index in [1.54, 1.807) is 6.07 Å². The fourth-order valence-corrected chi connectivity index (χ4v) is 3.08. The molecule has 1 aliphatic carbocycles. The number of furan rings is 1. The molecule has 2 N–H and O–H groups in total. The highest BCUT2D eigenvalue weighted by atomic mass is 19.1. The van der Waals surface area contributed by atoms with Crippen molar-refractivity contribution in [3.63, 3.8) is 0 Å². The second kappa shape index (κ2) is 5.54. The molecule has 1 fully saturated rings. The number of hydrogen-bond acceptors (Lipinski definition) is 3. The minimum Gasteiger partial charge on any atom is -0.458 e. The lowest BCUT2D eigenvalue weighted by atomic mass is 9.83. The van der Waals surface area contributed by atoms with Crippen molar-refractivity contribution in [2.24, 2.45) is 5.92 Å². The first-order chi connectivity index (χ1) is 9.65. The van der Waals surface area contributed by atoms with Crippen molar-refractivity contribution in [3.05, 3.63) is 35.8 Å². The maximum Gasteiger partial charge on any atom is 0.138 e. The normalized spacial score (nSPS) is 20.1. The molecule has 20 heavy (non-hydrogen) atoms. The summed E-state index contributed by atoms with van der Waals surface area (Å²) in [6.45, 7) is 0. The van der Waals surface area contributed by atoms with Crippen LogP contribution in [0.4, 0.5) is 4.39 Å². The number of hydrogen-bond donors (Lipinski definition) is 2. The fourth-order valence-electron chi connectivity index (χ4n) is 3.08. The molecule has 0 amide bonds. The third-order valence-electron chi connectivity index (χ3n) is 4.25. The van der Waals surface area contributed by atoms with Crippen molar-refractivity contribution in [1.29, 1.82) is 0 Å². The predicted octanol–water partition coefficient (Wildman–Crippen LogP) is 3.55. The predicted molar refractivity (Wildman–Crippen MR) is 73.7 cm³/mol.